The van der Waals surface area contributed by atoms with Crippen LogP contribution in [0.2, 0.25) is 0 Å². The predicted molar refractivity (Wildman–Crippen MR) is 128 cm³/mol. The summed E-state index contributed by atoms with van der Waals surface area (Å²) in [4.78, 5) is 10.6. The Morgan fingerprint density at radius 3 is 2.48 bits per heavy atom. The molecule has 0 saturated carbocycles. The van der Waals surface area contributed by atoms with Gasteiger partial charge in [-0.25, -0.2) is 9.37 Å². The summed E-state index contributed by atoms with van der Waals surface area (Å²) in [7, 11) is 3.30. The fraction of sp³-hybridized carbons (Fsp3) is 0.296. The first-order valence-corrected chi connectivity index (χ1v) is 11.3. The minimum absolute atomic E-state index is 0.282. The molecule has 0 unspecified atom stereocenters. The third kappa shape index (κ3) is 4.44. The molecule has 33 heavy (non-hydrogen) atoms. The van der Waals surface area contributed by atoms with Crippen LogP contribution in [0.4, 0.5) is 4.39 Å². The van der Waals surface area contributed by atoms with E-state index in [1.54, 1.807) is 26.5 Å². The zero-order chi connectivity index (χ0) is 22.8. The summed E-state index contributed by atoms with van der Waals surface area (Å²) in [6.07, 6.45) is 3.93. The van der Waals surface area contributed by atoms with E-state index in [2.05, 4.69) is 33.1 Å². The number of pyridine rings is 1. The number of aromatic amines is 1. The lowest BCUT2D eigenvalue weighted by Crippen LogP contribution is -2.32. The molecule has 0 bridgehead atoms. The maximum Gasteiger partial charge on any atom is 0.138 e. The zero-order valence-electron chi connectivity index (χ0n) is 19.0. The Kier molecular flexibility index (Phi) is 6.01. The summed E-state index contributed by atoms with van der Waals surface area (Å²) in [5.41, 5.74) is 5.00. The number of nitrogens with one attached hydrogen (secondary N) is 1. The minimum atomic E-state index is -0.282. The Bertz CT molecular complexity index is 1240. The number of benzene rings is 2. The molecule has 5 rings (SSSR count). The van der Waals surface area contributed by atoms with Gasteiger partial charge in [0, 0.05) is 35.3 Å². The second-order valence-corrected chi connectivity index (χ2v) is 8.59. The summed E-state index contributed by atoms with van der Waals surface area (Å²) in [6.45, 7) is 3.04. The summed E-state index contributed by atoms with van der Waals surface area (Å²) in [5.74, 6) is 1.71. The molecule has 1 fully saturated rings. The van der Waals surface area contributed by atoms with Gasteiger partial charge in [-0.2, -0.15) is 0 Å². The average molecular weight is 446 g/mol. The lowest BCUT2D eigenvalue weighted by molar-refractivity contribution is 0.203. The number of likely N-dealkylation sites (tertiary alicyclic amines) is 1. The lowest BCUT2D eigenvalue weighted by Gasteiger charge is -2.31. The largest absolute Gasteiger partial charge is 0.497 e. The van der Waals surface area contributed by atoms with Crippen LogP contribution in [0.15, 0.2) is 60.8 Å². The number of hydrogen-bond acceptors (Lipinski definition) is 4. The number of halogens is 1. The highest BCUT2D eigenvalue weighted by molar-refractivity contribution is 5.95. The molecule has 0 amide bonds. The highest BCUT2D eigenvalue weighted by Gasteiger charge is 2.23. The van der Waals surface area contributed by atoms with Gasteiger partial charge in [-0.05, 0) is 79.5 Å². The summed E-state index contributed by atoms with van der Waals surface area (Å²) >= 11 is 0. The molecule has 1 aliphatic rings. The number of aromatic nitrogens is 2. The lowest BCUT2D eigenvalue weighted by atomic mass is 9.93. The fourth-order valence-electron chi connectivity index (χ4n) is 4.78. The molecule has 4 aromatic rings. The van der Waals surface area contributed by atoms with Crippen molar-refractivity contribution < 1.29 is 13.9 Å². The van der Waals surface area contributed by atoms with Crippen LogP contribution in [-0.4, -0.2) is 42.2 Å². The van der Waals surface area contributed by atoms with E-state index in [0.717, 1.165) is 60.4 Å². The Morgan fingerprint density at radius 1 is 0.970 bits per heavy atom. The van der Waals surface area contributed by atoms with E-state index in [1.165, 1.54) is 23.4 Å². The van der Waals surface area contributed by atoms with Crippen LogP contribution in [-0.2, 0) is 6.54 Å². The molecule has 1 N–H and O–H groups in total. The summed E-state index contributed by atoms with van der Waals surface area (Å²) < 4.78 is 24.8. The van der Waals surface area contributed by atoms with Crippen molar-refractivity contribution in [1.29, 1.82) is 0 Å². The van der Waals surface area contributed by atoms with Gasteiger partial charge in [-0.1, -0.05) is 12.1 Å². The quantitative estimate of drug-likeness (QED) is 0.410. The summed E-state index contributed by atoms with van der Waals surface area (Å²) in [5, 5.41) is 0.997. The predicted octanol–water partition coefficient (Wildman–Crippen LogP) is 5.77. The van der Waals surface area contributed by atoms with Gasteiger partial charge in [0.15, 0.2) is 0 Å². The standard InChI is InChI=1S/C27H28FN3O2/c1-32-21-6-3-18(4-7-21)17-31-13-10-19(11-14-31)25-16-24-22(9-12-29-27(24)30-25)23-15-20(28)5-8-26(23)33-2/h3-9,12,15-16,19H,10-11,13-14,17H2,1-2H3,(H,29,30). The van der Waals surface area contributed by atoms with Crippen LogP contribution < -0.4 is 9.47 Å². The Labute approximate surface area is 193 Å². The molecule has 5 nitrogen and oxygen atoms in total. The third-order valence-electron chi connectivity index (χ3n) is 6.60. The topological polar surface area (TPSA) is 50.4 Å². The molecule has 2 aromatic carbocycles. The van der Waals surface area contributed by atoms with Crippen LogP contribution in [0.1, 0.15) is 30.0 Å². The number of methoxy groups -OCH3 is 2. The van der Waals surface area contributed by atoms with Crippen molar-refractivity contribution in [3.05, 3.63) is 77.9 Å². The second-order valence-electron chi connectivity index (χ2n) is 8.59. The monoisotopic (exact) mass is 445 g/mol. The molecule has 0 atom stereocenters. The van der Waals surface area contributed by atoms with E-state index >= 15 is 0 Å². The molecular weight excluding hydrogens is 417 g/mol. The number of H-pyrrole nitrogens is 1. The van der Waals surface area contributed by atoms with Gasteiger partial charge in [-0.15, -0.1) is 0 Å². The Balaban J connectivity index is 1.33. The number of fused-ring (bicyclic) bond motifs is 1. The van der Waals surface area contributed by atoms with Crippen LogP contribution in [0.5, 0.6) is 11.5 Å². The SMILES string of the molecule is COc1ccc(CN2CCC(c3cc4c(-c5cc(F)ccc5OC)ccnc4[nH]3)CC2)cc1. The van der Waals surface area contributed by atoms with Crippen molar-refractivity contribution in [1.82, 2.24) is 14.9 Å². The van der Waals surface area contributed by atoms with Crippen LogP contribution in [0.25, 0.3) is 22.2 Å². The second kappa shape index (κ2) is 9.24. The first-order valence-electron chi connectivity index (χ1n) is 11.3. The van der Waals surface area contributed by atoms with E-state index in [1.807, 2.05) is 18.2 Å². The van der Waals surface area contributed by atoms with Gasteiger partial charge < -0.3 is 14.5 Å². The van der Waals surface area contributed by atoms with Crippen molar-refractivity contribution in [3.8, 4) is 22.6 Å². The molecule has 6 heteroatoms. The Hall–Kier alpha value is -3.38. The van der Waals surface area contributed by atoms with Crippen molar-refractivity contribution in [2.24, 2.45) is 0 Å². The van der Waals surface area contributed by atoms with Gasteiger partial charge in [0.2, 0.25) is 0 Å². The van der Waals surface area contributed by atoms with E-state index < -0.39 is 0 Å². The smallest absolute Gasteiger partial charge is 0.138 e. The first kappa shape index (κ1) is 21.5. The molecule has 1 saturated heterocycles. The van der Waals surface area contributed by atoms with Gasteiger partial charge in [0.05, 0.1) is 14.2 Å². The molecule has 1 aliphatic heterocycles. The van der Waals surface area contributed by atoms with Crippen molar-refractivity contribution >= 4 is 11.0 Å². The number of rotatable bonds is 6. The van der Waals surface area contributed by atoms with Gasteiger partial charge >= 0.3 is 0 Å². The number of piperidine rings is 1. The van der Waals surface area contributed by atoms with E-state index in [9.17, 15) is 4.39 Å². The van der Waals surface area contributed by atoms with Gasteiger partial charge in [0.25, 0.3) is 0 Å². The average Bonchev–Trinajstić information content (AvgIpc) is 3.29. The Morgan fingerprint density at radius 2 is 1.76 bits per heavy atom. The highest BCUT2D eigenvalue weighted by Crippen LogP contribution is 2.37. The third-order valence-corrected chi connectivity index (χ3v) is 6.60. The van der Waals surface area contributed by atoms with Gasteiger partial charge in [0.1, 0.15) is 23.0 Å². The van der Waals surface area contributed by atoms with E-state index in [0.29, 0.717) is 11.7 Å². The van der Waals surface area contributed by atoms with Crippen LogP contribution in [0.3, 0.4) is 0 Å². The molecule has 2 aromatic heterocycles. The normalized spacial score (nSPS) is 15.1. The van der Waals surface area contributed by atoms with Gasteiger partial charge in [-0.3, -0.25) is 4.90 Å². The highest BCUT2D eigenvalue weighted by atomic mass is 19.1. The minimum Gasteiger partial charge on any atom is -0.497 e. The number of hydrogen-bond donors (Lipinski definition) is 1. The molecule has 0 aliphatic carbocycles. The molecule has 170 valence electrons. The molecule has 0 spiro atoms. The van der Waals surface area contributed by atoms with E-state index in [-0.39, 0.29) is 5.82 Å². The van der Waals surface area contributed by atoms with Crippen molar-refractivity contribution in [2.75, 3.05) is 27.3 Å². The molecule has 0 radical (unpaired) electrons. The first-order chi connectivity index (χ1) is 16.1. The maximum absolute atomic E-state index is 14.0. The maximum atomic E-state index is 14.0. The number of nitrogens with zero attached hydrogens (tertiary/aromatic N) is 2. The van der Waals surface area contributed by atoms with Crippen molar-refractivity contribution in [2.45, 2.75) is 25.3 Å². The molecular formula is C27H28FN3O2. The summed E-state index contributed by atoms with van der Waals surface area (Å²) in [6, 6.07) is 17.0. The number of ether oxygens (including phenoxy) is 2. The van der Waals surface area contributed by atoms with Crippen LogP contribution >= 0.6 is 0 Å². The van der Waals surface area contributed by atoms with E-state index in [4.69, 9.17) is 9.47 Å². The van der Waals surface area contributed by atoms with Crippen molar-refractivity contribution in [3.63, 3.8) is 0 Å². The zero-order valence-corrected chi connectivity index (χ0v) is 19.0. The molecule has 3 heterocycles. The van der Waals surface area contributed by atoms with Crippen LogP contribution in [0, 0.1) is 5.82 Å². The fourth-order valence-corrected chi connectivity index (χ4v) is 4.78.